The Morgan fingerprint density at radius 3 is 2.37 bits per heavy atom. The smallest absolute Gasteiger partial charge is 0.358 e. The van der Waals surface area contributed by atoms with E-state index in [4.69, 9.17) is 0 Å². The standard InChI is InChI=1S/C12H19N3O3S/c1-8(16)10-9(11(17)18-5)13-12(19-10)15(4)7-6-14(2)3/h6-7H2,1-5H3. The lowest BCUT2D eigenvalue weighted by molar-refractivity contribution is 0.0591. The molecule has 0 aliphatic rings. The number of esters is 1. The average molecular weight is 285 g/mol. The van der Waals surface area contributed by atoms with Crippen LogP contribution in [-0.2, 0) is 4.74 Å². The minimum absolute atomic E-state index is 0.103. The van der Waals surface area contributed by atoms with Crippen LogP contribution in [0.2, 0.25) is 0 Å². The summed E-state index contributed by atoms with van der Waals surface area (Å²) < 4.78 is 4.64. The van der Waals surface area contributed by atoms with E-state index >= 15 is 0 Å². The fraction of sp³-hybridized carbons (Fsp3) is 0.583. The van der Waals surface area contributed by atoms with Gasteiger partial charge in [-0.25, -0.2) is 9.78 Å². The highest BCUT2D eigenvalue weighted by molar-refractivity contribution is 7.17. The van der Waals surface area contributed by atoms with Crippen LogP contribution in [0.5, 0.6) is 0 Å². The van der Waals surface area contributed by atoms with E-state index in [-0.39, 0.29) is 11.5 Å². The fourth-order valence-electron chi connectivity index (χ4n) is 1.39. The Bertz CT molecular complexity index is 471. The maximum atomic E-state index is 11.6. The summed E-state index contributed by atoms with van der Waals surface area (Å²) in [6.07, 6.45) is 0. The third-order valence-corrected chi connectivity index (χ3v) is 3.79. The van der Waals surface area contributed by atoms with Gasteiger partial charge in [-0.05, 0) is 14.1 Å². The summed E-state index contributed by atoms with van der Waals surface area (Å²) in [5.74, 6) is -0.751. The zero-order chi connectivity index (χ0) is 14.6. The molecular formula is C12H19N3O3S. The molecule has 0 unspecified atom stereocenters. The number of nitrogens with zero attached hydrogens (tertiary/aromatic N) is 3. The van der Waals surface area contributed by atoms with Gasteiger partial charge < -0.3 is 14.5 Å². The Kier molecular flexibility index (Phi) is 5.44. The molecule has 0 N–H and O–H groups in total. The fourth-order valence-corrected chi connectivity index (χ4v) is 2.33. The van der Waals surface area contributed by atoms with Crippen LogP contribution in [0.3, 0.4) is 0 Å². The molecule has 1 heterocycles. The van der Waals surface area contributed by atoms with Gasteiger partial charge in [0.05, 0.1) is 7.11 Å². The van der Waals surface area contributed by atoms with Crippen molar-refractivity contribution in [3.8, 4) is 0 Å². The van der Waals surface area contributed by atoms with E-state index in [0.29, 0.717) is 10.0 Å². The lowest BCUT2D eigenvalue weighted by Gasteiger charge is -2.18. The first-order valence-corrected chi connectivity index (χ1v) is 6.64. The van der Waals surface area contributed by atoms with E-state index in [2.05, 4.69) is 14.6 Å². The van der Waals surface area contributed by atoms with Gasteiger partial charge in [-0.2, -0.15) is 0 Å². The van der Waals surface area contributed by atoms with E-state index in [1.165, 1.54) is 25.4 Å². The van der Waals surface area contributed by atoms with Crippen molar-refractivity contribution in [1.29, 1.82) is 0 Å². The van der Waals surface area contributed by atoms with Gasteiger partial charge in [0.2, 0.25) is 0 Å². The summed E-state index contributed by atoms with van der Waals surface area (Å²) in [4.78, 5) is 31.6. The molecule has 0 aliphatic carbocycles. The highest BCUT2D eigenvalue weighted by Crippen LogP contribution is 2.26. The first-order chi connectivity index (χ1) is 8.86. The van der Waals surface area contributed by atoms with Gasteiger partial charge in [0.1, 0.15) is 4.88 Å². The molecule has 106 valence electrons. The number of Topliss-reactive ketones (excluding diaryl/α,β-unsaturated/α-hetero) is 1. The van der Waals surface area contributed by atoms with Gasteiger partial charge in [0.25, 0.3) is 0 Å². The Labute approximate surface area is 117 Å². The summed E-state index contributed by atoms with van der Waals surface area (Å²) in [6, 6.07) is 0. The largest absolute Gasteiger partial charge is 0.464 e. The van der Waals surface area contributed by atoms with Gasteiger partial charge >= 0.3 is 5.97 Å². The van der Waals surface area contributed by atoms with Crippen LogP contribution in [0.15, 0.2) is 0 Å². The monoisotopic (exact) mass is 285 g/mol. The number of methoxy groups -OCH3 is 1. The van der Waals surface area contributed by atoms with Crippen LogP contribution in [0.4, 0.5) is 5.13 Å². The van der Waals surface area contributed by atoms with Gasteiger partial charge in [-0.15, -0.1) is 0 Å². The van der Waals surface area contributed by atoms with Crippen molar-refractivity contribution in [3.63, 3.8) is 0 Å². The molecule has 0 amide bonds. The summed E-state index contributed by atoms with van der Waals surface area (Å²) in [6.45, 7) is 3.04. The molecule has 0 aliphatic heterocycles. The van der Waals surface area contributed by atoms with E-state index in [1.54, 1.807) is 0 Å². The number of ether oxygens (including phenoxy) is 1. The molecule has 0 fully saturated rings. The summed E-state index contributed by atoms with van der Waals surface area (Å²) in [5, 5.41) is 0.646. The molecule has 1 rings (SSSR count). The minimum Gasteiger partial charge on any atom is -0.464 e. The Balaban J connectivity index is 2.97. The highest BCUT2D eigenvalue weighted by Gasteiger charge is 2.23. The molecule has 0 radical (unpaired) electrons. The number of hydrogen-bond acceptors (Lipinski definition) is 7. The van der Waals surface area contributed by atoms with Crippen LogP contribution >= 0.6 is 11.3 Å². The van der Waals surface area contributed by atoms with Crippen LogP contribution in [-0.4, -0.2) is 63.0 Å². The first-order valence-electron chi connectivity index (χ1n) is 5.82. The molecule has 0 aromatic carbocycles. The van der Waals surface area contributed by atoms with Crippen molar-refractivity contribution in [1.82, 2.24) is 9.88 Å². The number of anilines is 1. The third-order valence-electron chi connectivity index (χ3n) is 2.52. The zero-order valence-electron chi connectivity index (χ0n) is 11.9. The number of hydrogen-bond donors (Lipinski definition) is 0. The summed E-state index contributed by atoms with van der Waals surface area (Å²) in [5.41, 5.74) is 0.103. The predicted octanol–water partition coefficient (Wildman–Crippen LogP) is 1.13. The molecule has 0 spiro atoms. The molecule has 0 saturated carbocycles. The van der Waals surface area contributed by atoms with Gasteiger partial charge in [0.15, 0.2) is 16.6 Å². The van der Waals surface area contributed by atoms with Crippen molar-refractivity contribution in [2.75, 3.05) is 46.2 Å². The number of thiazole rings is 1. The lowest BCUT2D eigenvalue weighted by atomic mass is 10.3. The van der Waals surface area contributed by atoms with Gasteiger partial charge in [0, 0.05) is 27.1 Å². The summed E-state index contributed by atoms with van der Waals surface area (Å²) >= 11 is 1.22. The van der Waals surface area contributed by atoms with Gasteiger partial charge in [-0.1, -0.05) is 11.3 Å². The van der Waals surface area contributed by atoms with Crippen LogP contribution < -0.4 is 4.90 Å². The molecule has 7 heteroatoms. The van der Waals surface area contributed by atoms with E-state index in [1.807, 2.05) is 26.0 Å². The molecular weight excluding hydrogens is 266 g/mol. The Morgan fingerprint density at radius 1 is 1.26 bits per heavy atom. The van der Waals surface area contributed by atoms with Crippen molar-refractivity contribution in [2.24, 2.45) is 0 Å². The third kappa shape index (κ3) is 4.00. The maximum absolute atomic E-state index is 11.6. The molecule has 0 saturated heterocycles. The van der Waals surface area contributed by atoms with Crippen molar-refractivity contribution in [2.45, 2.75) is 6.92 Å². The average Bonchev–Trinajstić information content (AvgIpc) is 2.80. The second kappa shape index (κ2) is 6.63. The maximum Gasteiger partial charge on any atom is 0.358 e. The molecule has 19 heavy (non-hydrogen) atoms. The molecule has 0 bridgehead atoms. The predicted molar refractivity (Wildman–Crippen MR) is 75.3 cm³/mol. The van der Waals surface area contributed by atoms with Crippen LogP contribution in [0, 0.1) is 0 Å². The number of likely N-dealkylation sites (N-methyl/N-ethyl adjacent to an activating group) is 2. The molecule has 1 aromatic heterocycles. The Hall–Kier alpha value is -1.47. The minimum atomic E-state index is -0.575. The zero-order valence-corrected chi connectivity index (χ0v) is 12.7. The quantitative estimate of drug-likeness (QED) is 0.577. The number of carbonyl (C=O) groups is 2. The van der Waals surface area contributed by atoms with E-state index in [0.717, 1.165) is 13.1 Å². The lowest BCUT2D eigenvalue weighted by Crippen LogP contribution is -2.28. The van der Waals surface area contributed by atoms with Crippen LogP contribution in [0.1, 0.15) is 27.1 Å². The van der Waals surface area contributed by atoms with E-state index in [9.17, 15) is 9.59 Å². The summed E-state index contributed by atoms with van der Waals surface area (Å²) in [7, 11) is 7.13. The number of ketones is 1. The van der Waals surface area contributed by atoms with E-state index < -0.39 is 5.97 Å². The number of carbonyl (C=O) groups excluding carboxylic acids is 2. The molecule has 0 atom stereocenters. The van der Waals surface area contributed by atoms with Crippen molar-refractivity contribution >= 4 is 28.2 Å². The number of aromatic nitrogens is 1. The van der Waals surface area contributed by atoms with Crippen molar-refractivity contribution < 1.29 is 14.3 Å². The second-order valence-electron chi connectivity index (χ2n) is 4.45. The number of rotatable bonds is 6. The van der Waals surface area contributed by atoms with Gasteiger partial charge in [-0.3, -0.25) is 4.79 Å². The molecule has 6 nitrogen and oxygen atoms in total. The Morgan fingerprint density at radius 2 is 1.89 bits per heavy atom. The highest BCUT2D eigenvalue weighted by atomic mass is 32.1. The normalized spacial score (nSPS) is 10.6. The van der Waals surface area contributed by atoms with Crippen molar-refractivity contribution in [3.05, 3.63) is 10.6 Å². The van der Waals surface area contributed by atoms with Crippen LogP contribution in [0.25, 0.3) is 0 Å². The second-order valence-corrected chi connectivity index (χ2v) is 5.42. The first kappa shape index (κ1) is 15.6. The SMILES string of the molecule is COC(=O)c1nc(N(C)CCN(C)C)sc1C(C)=O. The molecule has 1 aromatic rings. The topological polar surface area (TPSA) is 62.7 Å².